The van der Waals surface area contributed by atoms with E-state index in [1.165, 1.54) is 16.7 Å². The van der Waals surface area contributed by atoms with Crippen LogP contribution in [0.5, 0.6) is 0 Å². The van der Waals surface area contributed by atoms with E-state index in [1.807, 2.05) is 24.3 Å². The number of thiocarbonyl (C=S) groups is 1. The lowest BCUT2D eigenvalue weighted by atomic mass is 10.0. The number of hydrogen-bond acceptors (Lipinski definition) is 5. The molecule has 1 saturated heterocycles. The summed E-state index contributed by atoms with van der Waals surface area (Å²) in [7, 11) is 0. The molecule has 6 nitrogen and oxygen atoms in total. The zero-order valence-corrected chi connectivity index (χ0v) is 16.8. The molecule has 0 aliphatic carbocycles. The quantitative estimate of drug-likeness (QED) is 0.507. The van der Waals surface area contributed by atoms with Crippen molar-refractivity contribution in [2.24, 2.45) is 0 Å². The highest BCUT2D eigenvalue weighted by molar-refractivity contribution is 8.26. The third-order valence-electron chi connectivity index (χ3n) is 4.32. The Balaban J connectivity index is 1.70. The van der Waals surface area contributed by atoms with Gasteiger partial charge in [0, 0.05) is 13.0 Å². The van der Waals surface area contributed by atoms with Gasteiger partial charge in [0.25, 0.3) is 5.91 Å². The Labute approximate surface area is 176 Å². The van der Waals surface area contributed by atoms with Crippen LogP contribution < -0.4 is 0 Å². The summed E-state index contributed by atoms with van der Waals surface area (Å²) in [6.45, 7) is 0.291. The highest BCUT2D eigenvalue weighted by atomic mass is 32.2. The standard InChI is InChI=1S/C21H17NO5S2/c23-18(24)2-1-11-22-19(25)17(29-21(22)28)12-13-3-5-14(6-4-13)15-7-9-16(10-8-15)20(26)27/h3-10,12H,1-2,11H2,(H,23,24)(H,26,27)/b17-12-. The van der Waals surface area contributed by atoms with Crippen molar-refractivity contribution < 1.29 is 24.6 Å². The van der Waals surface area contributed by atoms with E-state index in [2.05, 4.69) is 0 Å². The van der Waals surface area contributed by atoms with Crippen LogP contribution in [0.2, 0.25) is 0 Å². The summed E-state index contributed by atoms with van der Waals surface area (Å²) >= 11 is 6.45. The van der Waals surface area contributed by atoms with Crippen molar-refractivity contribution in [2.45, 2.75) is 12.8 Å². The van der Waals surface area contributed by atoms with Gasteiger partial charge in [0.1, 0.15) is 4.32 Å². The number of hydrogen-bond donors (Lipinski definition) is 2. The summed E-state index contributed by atoms with van der Waals surface area (Å²) in [4.78, 5) is 36.0. The smallest absolute Gasteiger partial charge is 0.335 e. The molecule has 2 aromatic rings. The van der Waals surface area contributed by atoms with Gasteiger partial charge in [0.15, 0.2) is 0 Å². The van der Waals surface area contributed by atoms with E-state index >= 15 is 0 Å². The van der Waals surface area contributed by atoms with Gasteiger partial charge in [0.05, 0.1) is 10.5 Å². The number of carbonyl (C=O) groups excluding carboxylic acids is 1. The third-order valence-corrected chi connectivity index (χ3v) is 5.70. The van der Waals surface area contributed by atoms with Crippen molar-refractivity contribution in [1.29, 1.82) is 0 Å². The maximum Gasteiger partial charge on any atom is 0.335 e. The molecule has 1 aliphatic rings. The molecule has 1 amide bonds. The molecule has 3 rings (SSSR count). The fourth-order valence-corrected chi connectivity index (χ4v) is 4.12. The average Bonchev–Trinajstić information content (AvgIpc) is 2.96. The van der Waals surface area contributed by atoms with Gasteiger partial charge in [-0.15, -0.1) is 0 Å². The molecule has 0 aromatic heterocycles. The minimum absolute atomic E-state index is 0.00891. The van der Waals surface area contributed by atoms with E-state index in [9.17, 15) is 14.4 Å². The van der Waals surface area contributed by atoms with Crippen molar-refractivity contribution in [2.75, 3.05) is 6.54 Å². The fraction of sp³-hybridized carbons (Fsp3) is 0.143. The first-order valence-electron chi connectivity index (χ1n) is 8.76. The Bertz CT molecular complexity index is 997. The highest BCUT2D eigenvalue weighted by Crippen LogP contribution is 2.33. The van der Waals surface area contributed by atoms with E-state index in [1.54, 1.807) is 30.3 Å². The molecule has 29 heavy (non-hydrogen) atoms. The van der Waals surface area contributed by atoms with E-state index in [-0.39, 0.29) is 17.9 Å². The van der Waals surface area contributed by atoms with Crippen molar-refractivity contribution >= 4 is 52.2 Å². The van der Waals surface area contributed by atoms with Crippen LogP contribution in [0.3, 0.4) is 0 Å². The van der Waals surface area contributed by atoms with Crippen molar-refractivity contribution in [1.82, 2.24) is 4.90 Å². The van der Waals surface area contributed by atoms with Crippen LogP contribution in [-0.4, -0.2) is 43.8 Å². The number of benzene rings is 2. The normalized spacial score (nSPS) is 15.2. The lowest BCUT2D eigenvalue weighted by molar-refractivity contribution is -0.137. The Morgan fingerprint density at radius 1 is 1.00 bits per heavy atom. The van der Waals surface area contributed by atoms with Crippen LogP contribution in [0.15, 0.2) is 53.4 Å². The summed E-state index contributed by atoms with van der Waals surface area (Å²) in [6.07, 6.45) is 2.10. The lowest BCUT2D eigenvalue weighted by Crippen LogP contribution is -2.29. The predicted molar refractivity (Wildman–Crippen MR) is 116 cm³/mol. The molecular weight excluding hydrogens is 410 g/mol. The summed E-state index contributed by atoms with van der Waals surface area (Å²) in [5, 5.41) is 17.7. The second-order valence-corrected chi connectivity index (χ2v) is 8.01. The van der Waals surface area contributed by atoms with Crippen molar-refractivity contribution in [3.05, 3.63) is 64.6 Å². The van der Waals surface area contributed by atoms with Crippen LogP contribution in [0.4, 0.5) is 0 Å². The molecule has 1 aliphatic heterocycles. The molecular formula is C21H17NO5S2. The maximum atomic E-state index is 12.5. The molecule has 2 aromatic carbocycles. The monoisotopic (exact) mass is 427 g/mol. The van der Waals surface area contributed by atoms with Gasteiger partial charge < -0.3 is 10.2 Å². The number of amides is 1. The third kappa shape index (κ3) is 5.10. The van der Waals surface area contributed by atoms with Gasteiger partial charge in [-0.3, -0.25) is 14.5 Å². The zero-order valence-electron chi connectivity index (χ0n) is 15.2. The molecule has 8 heteroatoms. The van der Waals surface area contributed by atoms with E-state index in [0.29, 0.717) is 22.2 Å². The largest absolute Gasteiger partial charge is 0.481 e. The first-order valence-corrected chi connectivity index (χ1v) is 9.98. The van der Waals surface area contributed by atoms with Gasteiger partial charge in [-0.1, -0.05) is 60.4 Å². The SMILES string of the molecule is O=C(O)CCCN1C(=O)/C(=C/c2ccc(-c3ccc(C(=O)O)cc3)cc2)SC1=S. The predicted octanol–water partition coefficient (Wildman–Crippen LogP) is 4.12. The topological polar surface area (TPSA) is 94.9 Å². The van der Waals surface area contributed by atoms with Crippen molar-refractivity contribution in [3.63, 3.8) is 0 Å². The zero-order chi connectivity index (χ0) is 21.0. The molecule has 0 bridgehead atoms. The second-order valence-electron chi connectivity index (χ2n) is 6.34. The molecule has 2 N–H and O–H groups in total. The highest BCUT2D eigenvalue weighted by Gasteiger charge is 2.31. The first kappa shape index (κ1) is 20.8. The Kier molecular flexibility index (Phi) is 6.46. The van der Waals surface area contributed by atoms with Gasteiger partial charge in [-0.25, -0.2) is 4.79 Å². The number of aliphatic carboxylic acids is 1. The Morgan fingerprint density at radius 2 is 1.59 bits per heavy atom. The number of nitrogens with zero attached hydrogens (tertiary/aromatic N) is 1. The van der Waals surface area contributed by atoms with Crippen LogP contribution in [0, 0.1) is 0 Å². The fourth-order valence-electron chi connectivity index (χ4n) is 2.81. The van der Waals surface area contributed by atoms with Gasteiger partial charge in [0.2, 0.25) is 0 Å². The summed E-state index contributed by atoms with van der Waals surface area (Å²) in [6, 6.07) is 14.2. The van der Waals surface area contributed by atoms with Gasteiger partial charge >= 0.3 is 11.9 Å². The number of carboxylic acids is 2. The molecule has 0 radical (unpaired) electrons. The van der Waals surface area contributed by atoms with E-state index in [4.69, 9.17) is 22.4 Å². The summed E-state index contributed by atoms with van der Waals surface area (Å²) in [5.74, 6) is -2.07. The van der Waals surface area contributed by atoms with Crippen LogP contribution >= 0.6 is 24.0 Å². The molecule has 148 valence electrons. The van der Waals surface area contributed by atoms with Crippen molar-refractivity contribution in [3.8, 4) is 11.1 Å². The summed E-state index contributed by atoms with van der Waals surface area (Å²) < 4.78 is 0.432. The Hall–Kier alpha value is -2.97. The van der Waals surface area contributed by atoms with Crippen LogP contribution in [-0.2, 0) is 9.59 Å². The molecule has 0 spiro atoms. The number of thioether (sulfide) groups is 1. The molecule has 1 fully saturated rings. The maximum absolute atomic E-state index is 12.5. The number of carboxylic acid groups (broad SMARTS) is 2. The molecule has 1 heterocycles. The molecule has 0 atom stereocenters. The van der Waals surface area contributed by atoms with Gasteiger partial charge in [-0.05, 0) is 41.3 Å². The number of carbonyl (C=O) groups is 3. The molecule has 0 saturated carbocycles. The Morgan fingerprint density at radius 3 is 2.14 bits per heavy atom. The van der Waals surface area contributed by atoms with Gasteiger partial charge in [-0.2, -0.15) is 0 Å². The van der Waals surface area contributed by atoms with Crippen LogP contribution in [0.25, 0.3) is 17.2 Å². The molecule has 0 unspecified atom stereocenters. The first-order chi connectivity index (χ1) is 13.8. The van der Waals surface area contributed by atoms with E-state index < -0.39 is 11.9 Å². The number of aromatic carboxylic acids is 1. The second kappa shape index (κ2) is 9.02. The minimum atomic E-state index is -0.966. The number of rotatable bonds is 7. The van der Waals surface area contributed by atoms with E-state index in [0.717, 1.165) is 16.7 Å². The average molecular weight is 428 g/mol. The lowest BCUT2D eigenvalue weighted by Gasteiger charge is -2.13. The minimum Gasteiger partial charge on any atom is -0.481 e. The summed E-state index contributed by atoms with van der Waals surface area (Å²) in [5.41, 5.74) is 2.89. The van der Waals surface area contributed by atoms with Crippen LogP contribution in [0.1, 0.15) is 28.8 Å².